The van der Waals surface area contributed by atoms with Crippen LogP contribution in [0.5, 0.6) is 0 Å². The molecule has 0 fully saturated rings. The molecule has 0 aliphatic heterocycles. The molecule has 0 unspecified atom stereocenters. The molecule has 0 N–H and O–H groups in total. The fourth-order valence-corrected chi connectivity index (χ4v) is 3.36. The minimum absolute atomic E-state index is 1.18. The monoisotopic (exact) mass is 667 g/mol. The molecule has 0 radical (unpaired) electrons. The smallest absolute Gasteiger partial charge is 0.0316 e. The van der Waals surface area contributed by atoms with Crippen LogP contribution in [0.4, 0.5) is 0 Å². The zero-order valence-corrected chi connectivity index (χ0v) is 35.1. The van der Waals surface area contributed by atoms with Crippen molar-refractivity contribution < 1.29 is 0 Å². The largest absolute Gasteiger partial charge is 0.0917 e. The van der Waals surface area contributed by atoms with E-state index in [2.05, 4.69) is 166 Å². The topological polar surface area (TPSA) is 0 Å². The van der Waals surface area contributed by atoms with Crippen molar-refractivity contribution in [2.45, 2.75) is 199 Å². The van der Waals surface area contributed by atoms with Gasteiger partial charge >= 0.3 is 0 Å². The van der Waals surface area contributed by atoms with Crippen molar-refractivity contribution in [3.05, 3.63) is 109 Å². The van der Waals surface area contributed by atoms with E-state index in [0.717, 1.165) is 0 Å². The Hall–Kier alpha value is -2.34. The molecular weight excluding hydrogens is 577 g/mol. The number of unbranched alkanes of at least 4 members (excludes halogenated alkanes) is 11. The first kappa shape index (κ1) is 57.9. The fourth-order valence-electron chi connectivity index (χ4n) is 3.36. The van der Waals surface area contributed by atoms with E-state index in [1.165, 1.54) is 116 Å². The third-order valence-electron chi connectivity index (χ3n) is 6.26. The SMILES string of the molecule is C/C=C\C=C/CCC.C/C=C\C=C/CCC.C/C=C\CC/C=C\C.C/C=C\CCCCC.C/C=C\CCCCC.CCC/C=C\CCC. The molecule has 0 rings (SSSR count). The van der Waals surface area contributed by atoms with Crippen LogP contribution < -0.4 is 0 Å². The van der Waals surface area contributed by atoms with Gasteiger partial charge in [-0.2, -0.15) is 0 Å². The summed E-state index contributed by atoms with van der Waals surface area (Å²) < 4.78 is 0. The van der Waals surface area contributed by atoms with E-state index in [1.54, 1.807) is 0 Å². The summed E-state index contributed by atoms with van der Waals surface area (Å²) in [5.41, 5.74) is 0. The summed E-state index contributed by atoms with van der Waals surface area (Å²) in [6, 6.07) is 0. The first-order valence-corrected chi connectivity index (χ1v) is 20.1. The van der Waals surface area contributed by atoms with Gasteiger partial charge in [-0.1, -0.05) is 202 Å². The molecule has 0 nitrogen and oxygen atoms in total. The molecule has 0 saturated carbocycles. The molecule has 0 aromatic heterocycles. The zero-order valence-electron chi connectivity index (χ0n) is 35.1. The van der Waals surface area contributed by atoms with Gasteiger partial charge in [-0.3, -0.25) is 0 Å². The van der Waals surface area contributed by atoms with Crippen LogP contribution in [0, 0.1) is 0 Å². The Bertz CT molecular complexity index is 655. The van der Waals surface area contributed by atoms with Gasteiger partial charge in [0.1, 0.15) is 0 Å². The molecule has 0 saturated heterocycles. The third kappa shape index (κ3) is 104. The lowest BCUT2D eigenvalue weighted by molar-refractivity contribution is 0.729. The van der Waals surface area contributed by atoms with Crippen LogP contribution in [0.25, 0.3) is 0 Å². The summed E-state index contributed by atoms with van der Waals surface area (Å²) in [4.78, 5) is 0. The molecule has 0 aromatic rings. The van der Waals surface area contributed by atoms with Gasteiger partial charge in [-0.25, -0.2) is 0 Å². The van der Waals surface area contributed by atoms with E-state index in [-0.39, 0.29) is 0 Å². The summed E-state index contributed by atoms with van der Waals surface area (Å²) >= 11 is 0. The lowest BCUT2D eigenvalue weighted by Crippen LogP contribution is -1.68. The van der Waals surface area contributed by atoms with Crippen molar-refractivity contribution >= 4 is 0 Å². The first-order chi connectivity index (χ1) is 23.5. The molecule has 282 valence electrons. The fraction of sp³-hybridized carbons (Fsp3) is 0.625. The molecule has 0 heteroatoms. The van der Waals surface area contributed by atoms with Crippen molar-refractivity contribution in [1.82, 2.24) is 0 Å². The van der Waals surface area contributed by atoms with Gasteiger partial charge in [0.25, 0.3) is 0 Å². The maximum atomic E-state index is 2.27. The molecular formula is C48H90. The van der Waals surface area contributed by atoms with Crippen LogP contribution in [-0.4, -0.2) is 0 Å². The molecule has 0 spiro atoms. The van der Waals surface area contributed by atoms with Gasteiger partial charge in [0.05, 0.1) is 0 Å². The quantitative estimate of drug-likeness (QED) is 0.0650. The van der Waals surface area contributed by atoms with Crippen molar-refractivity contribution in [3.63, 3.8) is 0 Å². The summed E-state index contributed by atoms with van der Waals surface area (Å²) in [6.45, 7) is 25.5. The van der Waals surface area contributed by atoms with Crippen LogP contribution in [0.15, 0.2) is 109 Å². The molecule has 0 heterocycles. The molecule has 0 bridgehead atoms. The van der Waals surface area contributed by atoms with E-state index >= 15 is 0 Å². The van der Waals surface area contributed by atoms with Gasteiger partial charge in [0.2, 0.25) is 0 Å². The van der Waals surface area contributed by atoms with Crippen molar-refractivity contribution in [1.29, 1.82) is 0 Å². The van der Waals surface area contributed by atoms with Crippen LogP contribution in [0.2, 0.25) is 0 Å². The van der Waals surface area contributed by atoms with Gasteiger partial charge in [-0.05, 0) is 106 Å². The highest BCUT2D eigenvalue weighted by molar-refractivity contribution is 5.01. The molecule has 0 aromatic carbocycles. The Labute approximate surface area is 307 Å². The Balaban J connectivity index is -0.000000110. The van der Waals surface area contributed by atoms with Crippen LogP contribution in [0.1, 0.15) is 199 Å². The number of allylic oxidation sites excluding steroid dienone is 18. The van der Waals surface area contributed by atoms with Crippen LogP contribution in [0.3, 0.4) is 0 Å². The third-order valence-corrected chi connectivity index (χ3v) is 6.26. The Morgan fingerprint density at radius 1 is 0.229 bits per heavy atom. The molecule has 48 heavy (non-hydrogen) atoms. The van der Waals surface area contributed by atoms with E-state index < -0.39 is 0 Å². The normalized spacial score (nSPS) is 11.2. The van der Waals surface area contributed by atoms with Crippen LogP contribution >= 0.6 is 0 Å². The predicted octanol–water partition coefficient (Wildman–Crippen LogP) is 18.2. The maximum absolute atomic E-state index is 2.27. The number of rotatable bonds is 21. The average molecular weight is 667 g/mol. The Kier molecular flexibility index (Phi) is 90.6. The lowest BCUT2D eigenvalue weighted by atomic mass is 10.2. The minimum atomic E-state index is 1.18. The lowest BCUT2D eigenvalue weighted by Gasteiger charge is -1.88. The van der Waals surface area contributed by atoms with Gasteiger partial charge < -0.3 is 0 Å². The second-order valence-corrected chi connectivity index (χ2v) is 11.4. The molecule has 0 amide bonds. The number of hydrogen-bond donors (Lipinski definition) is 0. The van der Waals surface area contributed by atoms with E-state index in [4.69, 9.17) is 0 Å². The summed E-state index contributed by atoms with van der Waals surface area (Å²) in [7, 11) is 0. The summed E-state index contributed by atoms with van der Waals surface area (Å²) in [5, 5.41) is 0. The van der Waals surface area contributed by atoms with Gasteiger partial charge in [0.15, 0.2) is 0 Å². The van der Waals surface area contributed by atoms with Crippen molar-refractivity contribution in [2.75, 3.05) is 0 Å². The second kappa shape index (κ2) is 75.1. The predicted molar refractivity (Wildman–Crippen MR) is 233 cm³/mol. The standard InChI is InChI=1S/3C8H16.3C8H14/c6*1-3-5-7-8-6-4-2/h7-8H,3-6H2,1-2H3;2*3,5H,4,6-8H2,1-2H3;2*3,5,7-8H,4,6H2,1-2H3;3-6H,7-8H2,1-2H3/b8-7-;2*5-3-;2*5-3-,8-7-;5-3-,6-4-. The Morgan fingerprint density at radius 3 is 0.771 bits per heavy atom. The molecule has 0 aliphatic rings. The highest BCUT2D eigenvalue weighted by atomic mass is 13.9. The summed E-state index contributed by atoms with van der Waals surface area (Å²) in [5.74, 6) is 0. The first-order valence-electron chi connectivity index (χ1n) is 20.1. The second-order valence-electron chi connectivity index (χ2n) is 11.4. The highest BCUT2D eigenvalue weighted by Gasteiger charge is 1.79. The van der Waals surface area contributed by atoms with Gasteiger partial charge in [-0.15, -0.1) is 0 Å². The number of hydrogen-bond acceptors (Lipinski definition) is 0. The molecule has 0 aliphatic carbocycles. The Morgan fingerprint density at radius 2 is 0.521 bits per heavy atom. The summed E-state index contributed by atoms with van der Waals surface area (Å²) in [6.07, 6.45) is 61.5. The van der Waals surface area contributed by atoms with E-state index in [0.29, 0.717) is 0 Å². The van der Waals surface area contributed by atoms with Gasteiger partial charge in [0, 0.05) is 0 Å². The van der Waals surface area contributed by atoms with E-state index in [1.807, 2.05) is 26.0 Å². The minimum Gasteiger partial charge on any atom is -0.0917 e. The average Bonchev–Trinajstić information content (AvgIpc) is 3.11. The van der Waals surface area contributed by atoms with Crippen molar-refractivity contribution in [3.8, 4) is 0 Å². The van der Waals surface area contributed by atoms with E-state index in [9.17, 15) is 0 Å². The zero-order chi connectivity index (χ0) is 37.5. The van der Waals surface area contributed by atoms with Crippen LogP contribution in [-0.2, 0) is 0 Å². The maximum Gasteiger partial charge on any atom is -0.0316 e. The molecule has 0 atom stereocenters. The van der Waals surface area contributed by atoms with Crippen molar-refractivity contribution in [2.24, 2.45) is 0 Å². The highest BCUT2D eigenvalue weighted by Crippen LogP contribution is 1.99.